The second-order valence-corrected chi connectivity index (χ2v) is 8.00. The van der Waals surface area contributed by atoms with Gasteiger partial charge in [-0.05, 0) is 26.0 Å². The van der Waals surface area contributed by atoms with Crippen LogP contribution < -0.4 is 19.8 Å². The van der Waals surface area contributed by atoms with Crippen LogP contribution in [0.4, 0.5) is 0 Å². The van der Waals surface area contributed by atoms with E-state index in [0.29, 0.717) is 11.1 Å². The van der Waals surface area contributed by atoms with Crippen molar-refractivity contribution in [3.63, 3.8) is 0 Å². The topological polar surface area (TPSA) is 111 Å². The number of nitrogens with one attached hydrogen (secondary N) is 2. The van der Waals surface area contributed by atoms with Gasteiger partial charge >= 0.3 is 0 Å². The number of guanidine groups is 1. The maximum atomic E-state index is 13.3. The fourth-order valence-corrected chi connectivity index (χ4v) is 3.77. The average molecular weight is 435 g/mol. The Hall–Kier alpha value is -3.95. The molecule has 2 aromatic rings. The number of amides is 3. The van der Waals surface area contributed by atoms with Crippen LogP contribution >= 0.6 is 0 Å². The Morgan fingerprint density at radius 1 is 1.06 bits per heavy atom. The number of carbonyl (C=O) groups excluding carboxylic acids is 3. The third kappa shape index (κ3) is 3.98. The van der Waals surface area contributed by atoms with Gasteiger partial charge in [-0.2, -0.15) is 4.99 Å². The maximum absolute atomic E-state index is 13.3. The summed E-state index contributed by atoms with van der Waals surface area (Å²) >= 11 is 0. The lowest BCUT2D eigenvalue weighted by Gasteiger charge is -2.42. The standard InChI is InChI=1S/C22H23N7O3/c1-13-14(2)29(21(32)16-8-6-10-28(4)12-16)17-18(23-13)24-22(26-20(17)31)25-19(30)15-7-5-9-27(3)11-15/h5-14,17H,1-4H3/p+2. The van der Waals surface area contributed by atoms with Crippen LogP contribution in [0.2, 0.25) is 0 Å². The second kappa shape index (κ2) is 8.29. The molecule has 3 amide bonds. The van der Waals surface area contributed by atoms with Gasteiger partial charge in [-0.1, -0.05) is 0 Å². The van der Waals surface area contributed by atoms with Crippen LogP contribution in [0, 0.1) is 0 Å². The molecule has 4 rings (SSSR count). The van der Waals surface area contributed by atoms with Gasteiger partial charge in [-0.3, -0.25) is 30.0 Å². The van der Waals surface area contributed by atoms with Crippen molar-refractivity contribution in [1.82, 2.24) is 15.5 Å². The maximum Gasteiger partial charge on any atom is 0.264 e. The summed E-state index contributed by atoms with van der Waals surface area (Å²) in [5, 5.41) is 5.22. The molecule has 4 heterocycles. The van der Waals surface area contributed by atoms with Crippen molar-refractivity contribution in [3.8, 4) is 0 Å². The van der Waals surface area contributed by atoms with Crippen molar-refractivity contribution in [1.29, 1.82) is 0 Å². The largest absolute Gasteiger partial charge is 0.315 e. The number of aliphatic imine (C=N–C) groups is 2. The third-order valence-electron chi connectivity index (χ3n) is 5.57. The first-order valence-corrected chi connectivity index (χ1v) is 10.3. The zero-order valence-electron chi connectivity index (χ0n) is 18.3. The highest BCUT2D eigenvalue weighted by Gasteiger charge is 2.45. The fraction of sp³-hybridized carbons (Fsp3) is 0.318. The van der Waals surface area contributed by atoms with Crippen molar-refractivity contribution >= 4 is 29.5 Å². The molecule has 0 aliphatic carbocycles. The van der Waals surface area contributed by atoms with E-state index < -0.39 is 17.9 Å². The zero-order valence-corrected chi connectivity index (χ0v) is 18.3. The highest BCUT2D eigenvalue weighted by Crippen LogP contribution is 2.24. The van der Waals surface area contributed by atoms with E-state index in [1.807, 2.05) is 27.1 Å². The van der Waals surface area contributed by atoms with Crippen LogP contribution in [0.25, 0.3) is 0 Å². The minimum absolute atomic E-state index is 0.0123. The summed E-state index contributed by atoms with van der Waals surface area (Å²) in [6.07, 6.45) is 7.00. The Bertz CT molecular complexity index is 1170. The smallest absolute Gasteiger partial charge is 0.264 e. The normalized spacial score (nSPS) is 22.3. The van der Waals surface area contributed by atoms with E-state index in [1.54, 1.807) is 59.0 Å². The highest BCUT2D eigenvalue weighted by molar-refractivity contribution is 6.24. The first-order chi connectivity index (χ1) is 15.2. The molecule has 0 fully saturated rings. The molecular weight excluding hydrogens is 410 g/mol. The Kier molecular flexibility index (Phi) is 5.52. The van der Waals surface area contributed by atoms with E-state index in [0.717, 1.165) is 0 Å². The number of carbonyl (C=O) groups is 3. The molecule has 0 aromatic carbocycles. The summed E-state index contributed by atoms with van der Waals surface area (Å²) in [6.45, 7) is 3.72. The molecule has 2 aliphatic heterocycles. The van der Waals surface area contributed by atoms with Gasteiger partial charge in [0.2, 0.25) is 5.96 Å². The molecule has 0 radical (unpaired) electrons. The van der Waals surface area contributed by atoms with Gasteiger partial charge in [0.1, 0.15) is 25.2 Å². The second-order valence-electron chi connectivity index (χ2n) is 8.00. The van der Waals surface area contributed by atoms with Gasteiger partial charge in [0.25, 0.3) is 17.7 Å². The number of rotatable bonds is 2. The van der Waals surface area contributed by atoms with Crippen LogP contribution in [-0.2, 0) is 18.9 Å². The van der Waals surface area contributed by atoms with Crippen LogP contribution in [0.5, 0.6) is 0 Å². The summed E-state index contributed by atoms with van der Waals surface area (Å²) in [4.78, 5) is 49.4. The van der Waals surface area contributed by atoms with E-state index in [2.05, 4.69) is 20.6 Å². The molecule has 3 atom stereocenters. The number of hydrogen-bond donors (Lipinski definition) is 2. The van der Waals surface area contributed by atoms with Gasteiger partial charge in [0.05, 0.1) is 12.1 Å². The van der Waals surface area contributed by atoms with E-state index in [4.69, 9.17) is 0 Å². The molecule has 2 N–H and O–H groups in total. The van der Waals surface area contributed by atoms with E-state index >= 15 is 0 Å². The number of hydrogen-bond acceptors (Lipinski definition) is 5. The number of amidine groups is 1. The molecule has 2 aliphatic rings. The lowest BCUT2D eigenvalue weighted by molar-refractivity contribution is -0.671. The number of aryl methyl sites for hydroxylation is 2. The number of fused-ring (bicyclic) bond motifs is 1. The van der Waals surface area contributed by atoms with Gasteiger partial charge < -0.3 is 4.90 Å². The molecular formula is C22H25N7O3+2. The average Bonchev–Trinajstić information content (AvgIpc) is 2.74. The van der Waals surface area contributed by atoms with Crippen molar-refractivity contribution in [2.75, 3.05) is 0 Å². The van der Waals surface area contributed by atoms with E-state index in [-0.39, 0.29) is 29.8 Å². The number of nitrogens with zero attached hydrogens (tertiary/aromatic N) is 5. The van der Waals surface area contributed by atoms with Gasteiger partial charge in [0.15, 0.2) is 36.7 Å². The Morgan fingerprint density at radius 3 is 2.34 bits per heavy atom. The SMILES string of the molecule is CC1N=C2N=C(NC(=O)c3ccc[n+](C)c3)NC(=O)C2N(C(=O)c2ccc[n+](C)c2)C1C. The minimum atomic E-state index is -0.977. The monoisotopic (exact) mass is 435 g/mol. The van der Waals surface area contributed by atoms with Crippen LogP contribution in [0.3, 0.4) is 0 Å². The van der Waals surface area contributed by atoms with Crippen LogP contribution in [0.15, 0.2) is 59.0 Å². The summed E-state index contributed by atoms with van der Waals surface area (Å²) in [7, 11) is 3.63. The van der Waals surface area contributed by atoms with Gasteiger partial charge in [-0.15, -0.1) is 0 Å². The molecule has 0 spiro atoms. The lowest BCUT2D eigenvalue weighted by atomic mass is 10.00. The van der Waals surface area contributed by atoms with Crippen molar-refractivity contribution in [2.24, 2.45) is 24.1 Å². The fourth-order valence-electron chi connectivity index (χ4n) is 3.77. The molecule has 2 aromatic heterocycles. The summed E-state index contributed by atoms with van der Waals surface area (Å²) in [5.74, 6) is -0.988. The van der Waals surface area contributed by atoms with Gasteiger partial charge in [0, 0.05) is 12.1 Å². The predicted molar refractivity (Wildman–Crippen MR) is 115 cm³/mol. The van der Waals surface area contributed by atoms with Crippen molar-refractivity contribution < 1.29 is 23.5 Å². The number of aromatic nitrogens is 2. The summed E-state index contributed by atoms with van der Waals surface area (Å²) < 4.78 is 3.52. The quantitative estimate of drug-likeness (QED) is 0.606. The van der Waals surface area contributed by atoms with E-state index in [9.17, 15) is 14.4 Å². The van der Waals surface area contributed by atoms with Gasteiger partial charge in [-0.25, -0.2) is 9.13 Å². The first kappa shape index (κ1) is 21.3. The summed E-state index contributed by atoms with van der Waals surface area (Å²) in [5.41, 5.74) is 0.874. The molecule has 164 valence electrons. The van der Waals surface area contributed by atoms with Crippen molar-refractivity contribution in [3.05, 3.63) is 60.2 Å². The van der Waals surface area contributed by atoms with Crippen LogP contribution in [0.1, 0.15) is 34.6 Å². The van der Waals surface area contributed by atoms with Crippen molar-refractivity contribution in [2.45, 2.75) is 32.0 Å². The zero-order chi connectivity index (χ0) is 23.0. The summed E-state index contributed by atoms with van der Waals surface area (Å²) in [6, 6.07) is 5.32. The molecule has 10 nitrogen and oxygen atoms in total. The Morgan fingerprint density at radius 2 is 1.69 bits per heavy atom. The minimum Gasteiger partial charge on any atom is -0.315 e. The Balaban J connectivity index is 1.63. The Labute approximate surface area is 185 Å². The molecule has 0 saturated carbocycles. The first-order valence-electron chi connectivity index (χ1n) is 10.3. The predicted octanol–water partition coefficient (Wildman–Crippen LogP) is -0.749. The molecule has 3 unspecified atom stereocenters. The van der Waals surface area contributed by atoms with Crippen LogP contribution in [-0.4, -0.2) is 52.5 Å². The third-order valence-corrected chi connectivity index (χ3v) is 5.57. The number of pyridine rings is 2. The molecule has 0 bridgehead atoms. The van der Waals surface area contributed by atoms with E-state index in [1.165, 1.54) is 4.90 Å². The highest BCUT2D eigenvalue weighted by atomic mass is 16.2. The molecule has 10 heteroatoms. The molecule has 0 saturated heterocycles. The lowest BCUT2D eigenvalue weighted by Crippen LogP contribution is -2.65. The molecule has 32 heavy (non-hydrogen) atoms.